The number of likely N-dealkylation sites (N-methyl/N-ethyl adjacent to an activating group) is 2. The lowest BCUT2D eigenvalue weighted by molar-refractivity contribution is -0.873. The normalized spacial score (nSPS) is 15.5. The van der Waals surface area contributed by atoms with E-state index in [2.05, 4.69) is 0 Å². The van der Waals surface area contributed by atoms with Crippen molar-refractivity contribution in [3.63, 3.8) is 0 Å². The molecular weight excluding hydrogens is 284 g/mol. The van der Waals surface area contributed by atoms with Gasteiger partial charge in [-0.25, -0.2) is 9.59 Å². The molecule has 128 valence electrons. The summed E-state index contributed by atoms with van der Waals surface area (Å²) in [6.07, 6.45) is 1.80. The van der Waals surface area contributed by atoms with Crippen LogP contribution in [0.25, 0.3) is 0 Å². The summed E-state index contributed by atoms with van der Waals surface area (Å²) in [6, 6.07) is 0. The second-order valence-corrected chi connectivity index (χ2v) is 7.77. The largest absolute Gasteiger partial charge is 0.453 e. The molecule has 0 amide bonds. The van der Waals surface area contributed by atoms with E-state index in [0.717, 1.165) is 12.2 Å². The number of rotatable bonds is 8. The van der Waals surface area contributed by atoms with E-state index >= 15 is 0 Å². The van der Waals surface area contributed by atoms with Gasteiger partial charge in [0.05, 0.1) is 42.3 Å². The Labute approximate surface area is 134 Å². The second-order valence-electron chi connectivity index (χ2n) is 7.77. The Hall–Kier alpha value is -1.40. The fourth-order valence-corrected chi connectivity index (χ4v) is 2.23. The molecular formula is C16H32N2O4+2. The smallest absolute Gasteiger partial charge is 0.331 e. The van der Waals surface area contributed by atoms with E-state index < -0.39 is 11.9 Å². The Balaban J connectivity index is 4.24. The lowest BCUT2D eigenvalue weighted by atomic mass is 10.3. The molecule has 22 heavy (non-hydrogen) atoms. The van der Waals surface area contributed by atoms with Crippen LogP contribution >= 0.6 is 0 Å². The number of esters is 2. The molecule has 0 aliphatic carbocycles. The quantitative estimate of drug-likeness (QED) is 0.378. The van der Waals surface area contributed by atoms with E-state index in [9.17, 15) is 9.59 Å². The number of hydrogen-bond donors (Lipinski definition) is 0. The first-order valence-electron chi connectivity index (χ1n) is 7.49. The maximum absolute atomic E-state index is 11.6. The van der Waals surface area contributed by atoms with Gasteiger partial charge in [-0.15, -0.1) is 0 Å². The van der Waals surface area contributed by atoms with Crippen LogP contribution in [0.15, 0.2) is 12.2 Å². The summed E-state index contributed by atoms with van der Waals surface area (Å²) in [7, 11) is 12.1. The third-order valence-corrected chi connectivity index (χ3v) is 2.60. The minimum Gasteiger partial charge on any atom is -0.453 e. The first-order valence-corrected chi connectivity index (χ1v) is 7.49. The molecule has 0 fully saturated rings. The Morgan fingerprint density at radius 3 is 1.27 bits per heavy atom. The van der Waals surface area contributed by atoms with Crippen LogP contribution < -0.4 is 0 Å². The predicted molar refractivity (Wildman–Crippen MR) is 86.0 cm³/mol. The van der Waals surface area contributed by atoms with Crippen LogP contribution in [0.4, 0.5) is 0 Å². The topological polar surface area (TPSA) is 52.6 Å². The van der Waals surface area contributed by atoms with Crippen LogP contribution in [0, 0.1) is 0 Å². The van der Waals surface area contributed by atoms with Crippen LogP contribution in [0.5, 0.6) is 0 Å². The van der Waals surface area contributed by atoms with Crippen LogP contribution in [-0.2, 0) is 19.1 Å². The van der Waals surface area contributed by atoms with Crippen molar-refractivity contribution in [2.75, 3.05) is 55.4 Å². The summed E-state index contributed by atoms with van der Waals surface area (Å²) in [5.41, 5.74) is 0. The van der Waals surface area contributed by atoms with Crippen molar-refractivity contribution in [3.05, 3.63) is 12.2 Å². The predicted octanol–water partition coefficient (Wildman–Crippen LogP) is 0.818. The van der Waals surface area contributed by atoms with Gasteiger partial charge < -0.3 is 18.4 Å². The van der Waals surface area contributed by atoms with E-state index in [0.29, 0.717) is 22.1 Å². The van der Waals surface area contributed by atoms with Gasteiger partial charge in [0.1, 0.15) is 25.3 Å². The summed E-state index contributed by atoms with van der Waals surface area (Å²) >= 11 is 0. The maximum atomic E-state index is 11.6. The highest BCUT2D eigenvalue weighted by Gasteiger charge is 2.18. The standard InChI is InChI=1S/C16H32N2O4/c1-13(11-17(3,4)5)21-15(19)9-10-16(20)22-14(2)12-18(6,7)8/h9-10,13-14H,11-12H2,1-8H3/q+2/b10-9+. The summed E-state index contributed by atoms with van der Waals surface area (Å²) < 4.78 is 11.8. The SMILES string of the molecule is CC(C[N+](C)(C)C)OC(=O)/C=C/C(=O)OC(C)C[N+](C)(C)C. The molecule has 0 heterocycles. The van der Waals surface area contributed by atoms with Crippen LogP contribution in [0.3, 0.4) is 0 Å². The highest BCUT2D eigenvalue weighted by atomic mass is 16.5. The fourth-order valence-electron chi connectivity index (χ4n) is 2.23. The van der Waals surface area contributed by atoms with E-state index in [-0.39, 0.29) is 12.2 Å². The molecule has 0 aromatic heterocycles. The van der Waals surface area contributed by atoms with Crippen molar-refractivity contribution < 1.29 is 28.0 Å². The molecule has 2 atom stereocenters. The minimum absolute atomic E-state index is 0.217. The molecule has 2 unspecified atom stereocenters. The molecule has 0 rings (SSSR count). The number of carbonyl (C=O) groups is 2. The van der Waals surface area contributed by atoms with E-state index in [1.54, 1.807) is 0 Å². The third kappa shape index (κ3) is 12.3. The summed E-state index contributed by atoms with van der Waals surface area (Å²) in [6.45, 7) is 5.06. The lowest BCUT2D eigenvalue weighted by Crippen LogP contribution is -2.42. The van der Waals surface area contributed by atoms with E-state index in [4.69, 9.17) is 9.47 Å². The zero-order valence-electron chi connectivity index (χ0n) is 15.3. The van der Waals surface area contributed by atoms with Gasteiger partial charge in [0.15, 0.2) is 0 Å². The molecule has 0 aliphatic rings. The summed E-state index contributed by atoms with van der Waals surface area (Å²) in [5.74, 6) is -1.06. The molecule has 0 bridgehead atoms. The highest BCUT2D eigenvalue weighted by molar-refractivity contribution is 5.91. The molecule has 0 aromatic rings. The molecule has 0 aliphatic heterocycles. The monoisotopic (exact) mass is 316 g/mol. The van der Waals surface area contributed by atoms with Gasteiger partial charge >= 0.3 is 11.9 Å². The summed E-state index contributed by atoms with van der Waals surface area (Å²) in [4.78, 5) is 23.3. The second kappa shape index (κ2) is 8.29. The van der Waals surface area contributed by atoms with Gasteiger partial charge in [0, 0.05) is 12.2 Å². The van der Waals surface area contributed by atoms with Crippen molar-refractivity contribution in [3.8, 4) is 0 Å². The molecule has 0 N–H and O–H groups in total. The van der Waals surface area contributed by atoms with Gasteiger partial charge in [-0.1, -0.05) is 0 Å². The van der Waals surface area contributed by atoms with Crippen LogP contribution in [-0.4, -0.2) is 88.5 Å². The van der Waals surface area contributed by atoms with E-state index in [1.807, 2.05) is 56.1 Å². The highest BCUT2D eigenvalue weighted by Crippen LogP contribution is 2.02. The van der Waals surface area contributed by atoms with Gasteiger partial charge in [-0.3, -0.25) is 0 Å². The van der Waals surface area contributed by atoms with E-state index in [1.165, 1.54) is 0 Å². The Bertz CT molecular complexity index is 367. The molecule has 0 aromatic carbocycles. The molecule has 0 radical (unpaired) electrons. The molecule has 6 nitrogen and oxygen atoms in total. The van der Waals surface area contributed by atoms with Crippen molar-refractivity contribution in [2.24, 2.45) is 0 Å². The number of quaternary nitrogens is 2. The van der Waals surface area contributed by atoms with Gasteiger partial charge in [-0.05, 0) is 13.8 Å². The average Bonchev–Trinajstić information content (AvgIpc) is 2.20. The first-order chi connectivity index (χ1) is 9.78. The van der Waals surface area contributed by atoms with Crippen LogP contribution in [0.2, 0.25) is 0 Å². The number of ether oxygens (including phenoxy) is 2. The number of hydrogen-bond acceptors (Lipinski definition) is 4. The van der Waals surface area contributed by atoms with Crippen molar-refractivity contribution in [1.82, 2.24) is 0 Å². The Morgan fingerprint density at radius 1 is 0.773 bits per heavy atom. The molecule has 0 spiro atoms. The number of nitrogens with zero attached hydrogens (tertiary/aromatic N) is 2. The molecule has 0 saturated carbocycles. The first kappa shape index (κ1) is 20.6. The zero-order valence-corrected chi connectivity index (χ0v) is 15.3. The molecule has 0 saturated heterocycles. The van der Waals surface area contributed by atoms with Gasteiger partial charge in [-0.2, -0.15) is 0 Å². The molecule has 6 heteroatoms. The fraction of sp³-hybridized carbons (Fsp3) is 0.750. The number of carbonyl (C=O) groups excluding carboxylic acids is 2. The Morgan fingerprint density at radius 2 is 1.05 bits per heavy atom. The minimum atomic E-state index is -0.530. The summed E-state index contributed by atoms with van der Waals surface area (Å²) in [5, 5.41) is 0. The zero-order chi connectivity index (χ0) is 17.6. The van der Waals surface area contributed by atoms with Gasteiger partial charge in [0.2, 0.25) is 0 Å². The maximum Gasteiger partial charge on any atom is 0.331 e. The third-order valence-electron chi connectivity index (χ3n) is 2.60. The van der Waals surface area contributed by atoms with Crippen LogP contribution in [0.1, 0.15) is 13.8 Å². The lowest BCUT2D eigenvalue weighted by Gasteiger charge is -2.27. The average molecular weight is 316 g/mol. The van der Waals surface area contributed by atoms with Crippen molar-refractivity contribution in [2.45, 2.75) is 26.1 Å². The van der Waals surface area contributed by atoms with Crippen molar-refractivity contribution >= 4 is 11.9 Å². The Kier molecular flexibility index (Phi) is 7.76. The van der Waals surface area contributed by atoms with Crippen molar-refractivity contribution in [1.29, 1.82) is 0 Å². The van der Waals surface area contributed by atoms with Gasteiger partial charge in [0.25, 0.3) is 0 Å².